The number of aromatic amines is 1. The number of aliphatic hydroxyl groups excluding tert-OH is 1. The van der Waals surface area contributed by atoms with Gasteiger partial charge in [-0.1, -0.05) is 6.92 Å². The second-order valence-electron chi connectivity index (χ2n) is 5.74. The smallest absolute Gasteiger partial charge is 0.259 e. The highest BCUT2D eigenvalue weighted by molar-refractivity contribution is 5.93. The van der Waals surface area contributed by atoms with Crippen molar-refractivity contribution < 1.29 is 9.90 Å². The number of nitrogens with one attached hydrogen (secondary N) is 1. The largest absolute Gasteiger partial charge is 0.396 e. The fraction of sp³-hybridized carbons (Fsp3) is 0.600. The van der Waals surface area contributed by atoms with Crippen molar-refractivity contribution in [3.8, 4) is 0 Å². The van der Waals surface area contributed by atoms with Gasteiger partial charge in [0.05, 0.1) is 6.61 Å². The topological polar surface area (TPSA) is 73.4 Å². The number of carbonyl (C=O) groups is 1. The lowest BCUT2D eigenvalue weighted by atomic mass is 9.78. The van der Waals surface area contributed by atoms with Crippen molar-refractivity contribution >= 4 is 5.91 Å². The molecule has 0 bridgehead atoms. The molecule has 1 aliphatic rings. The third-order valence-corrected chi connectivity index (χ3v) is 4.32. The Morgan fingerprint density at radius 3 is 2.90 bits per heavy atom. The molecule has 1 aliphatic heterocycles. The maximum atomic E-state index is 12.5. The predicted octanol–water partition coefficient (Wildman–Crippen LogP) is 1.31. The van der Waals surface area contributed by atoms with Crippen molar-refractivity contribution in [3.05, 3.63) is 33.7 Å². The molecule has 1 atom stereocenters. The summed E-state index contributed by atoms with van der Waals surface area (Å²) in [6.07, 6.45) is 4.11. The molecule has 0 spiro atoms. The van der Waals surface area contributed by atoms with Gasteiger partial charge in [-0.25, -0.2) is 0 Å². The predicted molar refractivity (Wildman–Crippen MR) is 76.7 cm³/mol. The van der Waals surface area contributed by atoms with Gasteiger partial charge in [0.15, 0.2) is 5.43 Å². The summed E-state index contributed by atoms with van der Waals surface area (Å²) in [4.78, 5) is 29.0. The minimum atomic E-state index is -0.247. The van der Waals surface area contributed by atoms with Crippen molar-refractivity contribution in [3.63, 3.8) is 0 Å². The number of amides is 1. The van der Waals surface area contributed by atoms with E-state index in [9.17, 15) is 14.7 Å². The van der Waals surface area contributed by atoms with E-state index in [4.69, 9.17) is 0 Å². The van der Waals surface area contributed by atoms with E-state index in [1.165, 1.54) is 12.3 Å². The maximum absolute atomic E-state index is 12.5. The van der Waals surface area contributed by atoms with E-state index in [1.807, 2.05) is 6.92 Å². The number of aliphatic hydroxyl groups is 1. The summed E-state index contributed by atoms with van der Waals surface area (Å²) < 4.78 is 0. The van der Waals surface area contributed by atoms with Gasteiger partial charge in [0, 0.05) is 36.5 Å². The number of rotatable bonds is 3. The van der Waals surface area contributed by atoms with Crippen LogP contribution < -0.4 is 5.43 Å². The first-order valence-corrected chi connectivity index (χ1v) is 7.11. The highest BCUT2D eigenvalue weighted by Gasteiger charge is 2.35. The van der Waals surface area contributed by atoms with Gasteiger partial charge in [0.1, 0.15) is 5.56 Å². The van der Waals surface area contributed by atoms with Crippen LogP contribution in [0.15, 0.2) is 17.1 Å². The molecular formula is C15H22N2O3. The number of hydrogen-bond donors (Lipinski definition) is 2. The van der Waals surface area contributed by atoms with E-state index in [0.717, 1.165) is 25.0 Å². The molecular weight excluding hydrogens is 256 g/mol. The number of nitrogens with zero attached hydrogens (tertiary/aromatic N) is 1. The summed E-state index contributed by atoms with van der Waals surface area (Å²) in [5.41, 5.74) is 0.456. The van der Waals surface area contributed by atoms with Crippen LogP contribution in [-0.2, 0) is 0 Å². The number of pyridine rings is 1. The highest BCUT2D eigenvalue weighted by Crippen LogP contribution is 2.33. The van der Waals surface area contributed by atoms with Crippen LogP contribution in [0.1, 0.15) is 42.2 Å². The van der Waals surface area contributed by atoms with Crippen LogP contribution in [-0.4, -0.2) is 40.6 Å². The molecule has 1 aromatic heterocycles. The molecule has 20 heavy (non-hydrogen) atoms. The molecule has 0 aliphatic carbocycles. The SMILES string of the molecule is CCC1(CO)CCCN(C(=O)c2c[nH]c(C)cc2=O)C1. The van der Waals surface area contributed by atoms with Gasteiger partial charge in [-0.2, -0.15) is 0 Å². The summed E-state index contributed by atoms with van der Waals surface area (Å²) in [6, 6.07) is 1.44. The number of aromatic nitrogens is 1. The Morgan fingerprint density at radius 2 is 2.30 bits per heavy atom. The van der Waals surface area contributed by atoms with Gasteiger partial charge < -0.3 is 15.0 Å². The van der Waals surface area contributed by atoms with Crippen LogP contribution in [0, 0.1) is 12.3 Å². The Balaban J connectivity index is 2.22. The molecule has 1 unspecified atom stereocenters. The fourth-order valence-corrected chi connectivity index (χ4v) is 2.82. The first-order valence-electron chi connectivity index (χ1n) is 7.11. The summed E-state index contributed by atoms with van der Waals surface area (Å²) in [5, 5.41) is 9.60. The first kappa shape index (κ1) is 14.8. The first-order chi connectivity index (χ1) is 9.51. The molecule has 1 fully saturated rings. The molecule has 5 nitrogen and oxygen atoms in total. The molecule has 110 valence electrons. The van der Waals surface area contributed by atoms with E-state index >= 15 is 0 Å². The Hall–Kier alpha value is -1.62. The van der Waals surface area contributed by atoms with Crippen LogP contribution in [0.25, 0.3) is 0 Å². The number of H-pyrrole nitrogens is 1. The van der Waals surface area contributed by atoms with Crippen LogP contribution in [0.3, 0.4) is 0 Å². The van der Waals surface area contributed by atoms with E-state index in [0.29, 0.717) is 13.1 Å². The van der Waals surface area contributed by atoms with Gasteiger partial charge in [-0.3, -0.25) is 9.59 Å². The average molecular weight is 278 g/mol. The Morgan fingerprint density at radius 1 is 1.55 bits per heavy atom. The van der Waals surface area contributed by atoms with Crippen LogP contribution >= 0.6 is 0 Å². The normalized spacial score (nSPS) is 22.9. The Labute approximate surface area is 118 Å². The van der Waals surface area contributed by atoms with Crippen molar-refractivity contribution in [2.45, 2.75) is 33.1 Å². The minimum Gasteiger partial charge on any atom is -0.396 e. The van der Waals surface area contributed by atoms with Gasteiger partial charge in [0.25, 0.3) is 5.91 Å². The Bertz CT molecular complexity index is 546. The van der Waals surface area contributed by atoms with Gasteiger partial charge in [-0.15, -0.1) is 0 Å². The number of hydrogen-bond acceptors (Lipinski definition) is 3. The second-order valence-corrected chi connectivity index (χ2v) is 5.74. The van der Waals surface area contributed by atoms with Gasteiger partial charge >= 0.3 is 0 Å². The lowest BCUT2D eigenvalue weighted by molar-refractivity contribution is 0.0250. The van der Waals surface area contributed by atoms with Crippen LogP contribution in [0.4, 0.5) is 0 Å². The highest BCUT2D eigenvalue weighted by atomic mass is 16.3. The second kappa shape index (κ2) is 5.79. The summed E-state index contributed by atoms with van der Waals surface area (Å²) >= 11 is 0. The fourth-order valence-electron chi connectivity index (χ4n) is 2.82. The summed E-state index contributed by atoms with van der Waals surface area (Å²) in [7, 11) is 0. The lowest BCUT2D eigenvalue weighted by Gasteiger charge is -2.41. The minimum absolute atomic E-state index is 0.0809. The van der Waals surface area contributed by atoms with E-state index in [2.05, 4.69) is 4.98 Å². The van der Waals surface area contributed by atoms with E-state index in [1.54, 1.807) is 11.8 Å². The zero-order valence-electron chi connectivity index (χ0n) is 12.1. The maximum Gasteiger partial charge on any atom is 0.259 e. The molecule has 1 amide bonds. The quantitative estimate of drug-likeness (QED) is 0.875. The molecule has 2 heterocycles. The number of piperidine rings is 1. The van der Waals surface area contributed by atoms with Crippen LogP contribution in [0.2, 0.25) is 0 Å². The van der Waals surface area contributed by atoms with Crippen molar-refractivity contribution in [2.24, 2.45) is 5.41 Å². The summed E-state index contributed by atoms with van der Waals surface area (Å²) in [5.74, 6) is -0.239. The zero-order chi connectivity index (χ0) is 14.8. The standard InChI is InChI=1S/C15H22N2O3/c1-3-15(10-18)5-4-6-17(9-15)14(20)12-8-16-11(2)7-13(12)19/h7-8,18H,3-6,9-10H2,1-2H3,(H,16,19). The van der Waals surface area contributed by atoms with Crippen molar-refractivity contribution in [1.29, 1.82) is 0 Å². The zero-order valence-corrected chi connectivity index (χ0v) is 12.1. The molecule has 1 aromatic rings. The average Bonchev–Trinajstić information content (AvgIpc) is 2.46. The molecule has 1 saturated heterocycles. The third kappa shape index (κ3) is 2.77. The number of aryl methyl sites for hydroxylation is 1. The van der Waals surface area contributed by atoms with Crippen molar-refractivity contribution in [2.75, 3.05) is 19.7 Å². The van der Waals surface area contributed by atoms with Crippen molar-refractivity contribution in [1.82, 2.24) is 9.88 Å². The number of likely N-dealkylation sites (tertiary alicyclic amines) is 1. The van der Waals surface area contributed by atoms with E-state index < -0.39 is 0 Å². The lowest BCUT2D eigenvalue weighted by Crippen LogP contribution is -2.48. The molecule has 2 rings (SSSR count). The number of carbonyl (C=O) groups excluding carboxylic acids is 1. The molecule has 5 heteroatoms. The third-order valence-electron chi connectivity index (χ3n) is 4.32. The molecule has 0 saturated carbocycles. The molecule has 2 N–H and O–H groups in total. The molecule has 0 aromatic carbocycles. The van der Waals surface area contributed by atoms with Gasteiger partial charge in [0.2, 0.25) is 0 Å². The summed E-state index contributed by atoms with van der Waals surface area (Å²) in [6.45, 7) is 5.06. The molecule has 0 radical (unpaired) electrons. The van der Waals surface area contributed by atoms with Crippen LogP contribution in [0.5, 0.6) is 0 Å². The Kier molecular flexibility index (Phi) is 4.28. The monoisotopic (exact) mass is 278 g/mol. The van der Waals surface area contributed by atoms with E-state index in [-0.39, 0.29) is 28.9 Å². The van der Waals surface area contributed by atoms with Gasteiger partial charge in [-0.05, 0) is 26.2 Å².